The van der Waals surface area contributed by atoms with Crippen molar-refractivity contribution in [2.75, 3.05) is 31.1 Å². The predicted octanol–water partition coefficient (Wildman–Crippen LogP) is 3.10. The molecule has 118 valence electrons. The van der Waals surface area contributed by atoms with Crippen LogP contribution in [0.1, 0.15) is 40.0 Å². The van der Waals surface area contributed by atoms with Crippen LogP contribution in [0, 0.1) is 0 Å². The lowest BCUT2D eigenvalue weighted by atomic mass is 9.87. The van der Waals surface area contributed by atoms with Gasteiger partial charge in [-0.3, -0.25) is 0 Å². The van der Waals surface area contributed by atoms with Crippen molar-refractivity contribution in [3.05, 3.63) is 30.3 Å². The number of nitrogens with two attached hydrogens (primary N) is 1. The average molecular weight is 289 g/mol. The molecule has 1 atom stereocenters. The van der Waals surface area contributed by atoms with Gasteiger partial charge in [-0.1, -0.05) is 18.2 Å². The van der Waals surface area contributed by atoms with Gasteiger partial charge in [0.15, 0.2) is 0 Å². The number of para-hydroxylation sites is 1. The van der Waals surface area contributed by atoms with Gasteiger partial charge >= 0.3 is 0 Å². The van der Waals surface area contributed by atoms with E-state index in [0.29, 0.717) is 6.04 Å². The molecule has 0 spiro atoms. The molecule has 1 aliphatic rings. The van der Waals surface area contributed by atoms with Crippen LogP contribution in [0.25, 0.3) is 0 Å². The summed E-state index contributed by atoms with van der Waals surface area (Å²) in [6, 6.07) is 11.4. The van der Waals surface area contributed by atoms with Gasteiger partial charge in [-0.05, 0) is 58.7 Å². The Hall–Kier alpha value is -1.06. The first-order valence-electron chi connectivity index (χ1n) is 8.40. The van der Waals surface area contributed by atoms with Crippen LogP contribution in [0.2, 0.25) is 0 Å². The van der Waals surface area contributed by atoms with Crippen LogP contribution in [-0.4, -0.2) is 42.7 Å². The zero-order valence-corrected chi connectivity index (χ0v) is 13.9. The topological polar surface area (TPSA) is 32.5 Å². The number of hydrogen-bond donors (Lipinski definition) is 1. The van der Waals surface area contributed by atoms with Crippen LogP contribution in [-0.2, 0) is 0 Å². The summed E-state index contributed by atoms with van der Waals surface area (Å²) in [7, 11) is 0. The van der Waals surface area contributed by atoms with Crippen molar-refractivity contribution in [2.45, 2.75) is 51.6 Å². The first kappa shape index (κ1) is 16.3. The molecule has 0 bridgehead atoms. The van der Waals surface area contributed by atoms with Crippen molar-refractivity contribution in [2.24, 2.45) is 5.73 Å². The van der Waals surface area contributed by atoms with E-state index < -0.39 is 0 Å². The molecule has 0 amide bonds. The molecule has 1 aromatic rings. The van der Waals surface area contributed by atoms with E-state index in [2.05, 4.69) is 60.9 Å². The van der Waals surface area contributed by atoms with Gasteiger partial charge in [-0.2, -0.15) is 0 Å². The minimum atomic E-state index is 0.111. The Morgan fingerprint density at radius 2 is 1.90 bits per heavy atom. The lowest BCUT2D eigenvalue weighted by molar-refractivity contribution is 0.224. The fourth-order valence-electron chi connectivity index (χ4n) is 3.70. The largest absolute Gasteiger partial charge is 0.365 e. The first-order valence-corrected chi connectivity index (χ1v) is 8.40. The number of anilines is 1. The van der Waals surface area contributed by atoms with Crippen molar-refractivity contribution in [1.82, 2.24) is 4.90 Å². The molecule has 3 nitrogen and oxygen atoms in total. The highest BCUT2D eigenvalue weighted by Gasteiger charge is 2.36. The van der Waals surface area contributed by atoms with Gasteiger partial charge in [0, 0.05) is 31.4 Å². The van der Waals surface area contributed by atoms with Gasteiger partial charge in [0.2, 0.25) is 0 Å². The number of nitrogens with zero attached hydrogens (tertiary/aromatic N) is 2. The van der Waals surface area contributed by atoms with Crippen LogP contribution >= 0.6 is 0 Å². The van der Waals surface area contributed by atoms with E-state index in [-0.39, 0.29) is 5.54 Å². The third kappa shape index (κ3) is 3.58. The average Bonchev–Trinajstić information content (AvgIpc) is 2.73. The van der Waals surface area contributed by atoms with Crippen LogP contribution in [0.15, 0.2) is 30.3 Å². The summed E-state index contributed by atoms with van der Waals surface area (Å²) < 4.78 is 0. The van der Waals surface area contributed by atoms with Gasteiger partial charge in [-0.25, -0.2) is 0 Å². The van der Waals surface area contributed by atoms with Gasteiger partial charge < -0.3 is 15.5 Å². The van der Waals surface area contributed by atoms with E-state index in [0.717, 1.165) is 26.1 Å². The highest BCUT2D eigenvalue weighted by molar-refractivity contribution is 5.49. The maximum absolute atomic E-state index is 6.28. The fourth-order valence-corrected chi connectivity index (χ4v) is 3.70. The molecular weight excluding hydrogens is 258 g/mol. The minimum absolute atomic E-state index is 0.111. The molecule has 2 rings (SSSR count). The molecule has 2 N–H and O–H groups in total. The SMILES string of the molecule is CCN(c1ccccc1)C1(CN)CCCN(C(C)C)CC1. The molecule has 0 radical (unpaired) electrons. The maximum Gasteiger partial charge on any atom is 0.0536 e. The Morgan fingerprint density at radius 1 is 1.19 bits per heavy atom. The smallest absolute Gasteiger partial charge is 0.0536 e. The highest BCUT2D eigenvalue weighted by atomic mass is 15.2. The van der Waals surface area contributed by atoms with Crippen molar-refractivity contribution < 1.29 is 0 Å². The molecule has 1 aromatic carbocycles. The summed E-state index contributed by atoms with van der Waals surface area (Å²) in [5.41, 5.74) is 7.70. The van der Waals surface area contributed by atoms with Crippen molar-refractivity contribution >= 4 is 5.69 Å². The Morgan fingerprint density at radius 3 is 2.48 bits per heavy atom. The standard InChI is InChI=1S/C18H31N3/c1-4-21(17-9-6-5-7-10-17)18(15-19)11-8-13-20(14-12-18)16(2)3/h5-7,9-10,16H,4,8,11-15,19H2,1-3H3. The molecule has 0 aromatic heterocycles. The van der Waals surface area contributed by atoms with Gasteiger partial charge in [0.25, 0.3) is 0 Å². The van der Waals surface area contributed by atoms with Crippen molar-refractivity contribution in [3.8, 4) is 0 Å². The molecule has 1 unspecified atom stereocenters. The Kier molecular flexibility index (Phi) is 5.65. The summed E-state index contributed by atoms with van der Waals surface area (Å²) in [5.74, 6) is 0. The van der Waals surface area contributed by atoms with E-state index in [9.17, 15) is 0 Å². The summed E-state index contributed by atoms with van der Waals surface area (Å²) >= 11 is 0. The Bertz CT molecular complexity index is 418. The number of rotatable bonds is 5. The van der Waals surface area contributed by atoms with Crippen LogP contribution < -0.4 is 10.6 Å². The summed E-state index contributed by atoms with van der Waals surface area (Å²) in [5, 5.41) is 0. The predicted molar refractivity (Wildman–Crippen MR) is 91.8 cm³/mol. The Balaban J connectivity index is 2.23. The zero-order chi connectivity index (χ0) is 15.3. The second-order valence-electron chi connectivity index (χ2n) is 6.49. The van der Waals surface area contributed by atoms with E-state index in [1.165, 1.54) is 25.1 Å². The van der Waals surface area contributed by atoms with Crippen molar-refractivity contribution in [1.29, 1.82) is 0 Å². The molecule has 1 saturated heterocycles. The number of likely N-dealkylation sites (tertiary alicyclic amines) is 1. The van der Waals surface area contributed by atoms with E-state index in [1.807, 2.05) is 0 Å². The molecular formula is C18H31N3. The summed E-state index contributed by atoms with van der Waals surface area (Å²) in [4.78, 5) is 5.13. The minimum Gasteiger partial charge on any atom is -0.365 e. The number of hydrogen-bond acceptors (Lipinski definition) is 3. The van der Waals surface area contributed by atoms with Gasteiger partial charge in [0.1, 0.15) is 0 Å². The fraction of sp³-hybridized carbons (Fsp3) is 0.667. The van der Waals surface area contributed by atoms with E-state index in [4.69, 9.17) is 5.73 Å². The number of likely N-dealkylation sites (N-methyl/N-ethyl adjacent to an activating group) is 1. The molecule has 0 aliphatic carbocycles. The molecule has 21 heavy (non-hydrogen) atoms. The zero-order valence-electron chi connectivity index (χ0n) is 13.9. The van der Waals surface area contributed by atoms with Crippen molar-refractivity contribution in [3.63, 3.8) is 0 Å². The monoisotopic (exact) mass is 289 g/mol. The lowest BCUT2D eigenvalue weighted by Gasteiger charge is -2.44. The number of benzene rings is 1. The normalized spacial score (nSPS) is 24.0. The second-order valence-corrected chi connectivity index (χ2v) is 6.49. The van der Waals surface area contributed by atoms with E-state index in [1.54, 1.807) is 0 Å². The van der Waals surface area contributed by atoms with Crippen LogP contribution in [0.5, 0.6) is 0 Å². The Labute approximate surface area is 130 Å². The molecule has 1 aliphatic heterocycles. The molecule has 3 heteroatoms. The molecule has 1 fully saturated rings. The summed E-state index contributed by atoms with van der Waals surface area (Å²) in [6.45, 7) is 10.9. The van der Waals surface area contributed by atoms with Crippen LogP contribution in [0.4, 0.5) is 5.69 Å². The third-order valence-corrected chi connectivity index (χ3v) is 5.02. The second kappa shape index (κ2) is 7.28. The maximum atomic E-state index is 6.28. The first-order chi connectivity index (χ1) is 10.1. The summed E-state index contributed by atoms with van der Waals surface area (Å²) in [6.07, 6.45) is 3.58. The third-order valence-electron chi connectivity index (χ3n) is 5.02. The van der Waals surface area contributed by atoms with Crippen LogP contribution in [0.3, 0.4) is 0 Å². The highest BCUT2D eigenvalue weighted by Crippen LogP contribution is 2.32. The van der Waals surface area contributed by atoms with Gasteiger partial charge in [0.05, 0.1) is 5.54 Å². The van der Waals surface area contributed by atoms with E-state index >= 15 is 0 Å². The molecule has 1 heterocycles. The quantitative estimate of drug-likeness (QED) is 0.904. The van der Waals surface area contributed by atoms with Gasteiger partial charge in [-0.15, -0.1) is 0 Å². The lowest BCUT2D eigenvalue weighted by Crippen LogP contribution is -2.55. The molecule has 0 saturated carbocycles.